The van der Waals surface area contributed by atoms with Crippen molar-refractivity contribution in [1.82, 2.24) is 14.2 Å². The van der Waals surface area contributed by atoms with Gasteiger partial charge in [-0.2, -0.15) is 5.10 Å². The Morgan fingerprint density at radius 1 is 1.04 bits per heavy atom. The van der Waals surface area contributed by atoms with Crippen molar-refractivity contribution in [3.63, 3.8) is 0 Å². The van der Waals surface area contributed by atoms with Gasteiger partial charge in [0.25, 0.3) is 0 Å². The number of nitrogens with zero attached hydrogens (tertiary/aromatic N) is 4. The molecule has 24 heavy (non-hydrogen) atoms. The highest BCUT2D eigenvalue weighted by atomic mass is 15.4. The van der Waals surface area contributed by atoms with Gasteiger partial charge in [0.2, 0.25) is 0 Å². The molecule has 0 bridgehead atoms. The van der Waals surface area contributed by atoms with Crippen molar-refractivity contribution in [3.05, 3.63) is 65.7 Å². The Morgan fingerprint density at radius 2 is 1.83 bits per heavy atom. The predicted octanol–water partition coefficient (Wildman–Crippen LogP) is 4.51. The molecule has 4 rings (SSSR count). The van der Waals surface area contributed by atoms with E-state index in [0.29, 0.717) is 0 Å². The van der Waals surface area contributed by atoms with Gasteiger partial charge in [-0.05, 0) is 44.5 Å². The molecule has 2 aromatic carbocycles. The second kappa shape index (κ2) is 5.64. The Bertz CT molecular complexity index is 1050. The van der Waals surface area contributed by atoms with Gasteiger partial charge in [-0.15, -0.1) is 0 Å². The molecule has 0 spiro atoms. The summed E-state index contributed by atoms with van der Waals surface area (Å²) in [5.74, 6) is 0.896. The number of hydrogen-bond acceptors (Lipinski definition) is 2. The Kier molecular flexibility index (Phi) is 3.45. The molecule has 120 valence electrons. The summed E-state index contributed by atoms with van der Waals surface area (Å²) in [7, 11) is 0. The lowest BCUT2D eigenvalue weighted by atomic mass is 10.1. The van der Waals surface area contributed by atoms with Crippen LogP contribution in [-0.2, 0) is 6.54 Å². The van der Waals surface area contributed by atoms with Crippen LogP contribution >= 0.6 is 0 Å². The SMILES string of the molecule is CCn1c2ccccc2c2cc(/C=N/n3c(C)cnc3C)ccc21. The smallest absolute Gasteiger partial charge is 0.127 e. The van der Waals surface area contributed by atoms with Crippen molar-refractivity contribution >= 4 is 28.0 Å². The number of imidazole rings is 1. The molecular weight excluding hydrogens is 296 g/mol. The number of hydrogen-bond donors (Lipinski definition) is 0. The fourth-order valence-electron chi connectivity index (χ4n) is 3.34. The van der Waals surface area contributed by atoms with Gasteiger partial charge in [0.15, 0.2) is 0 Å². The van der Waals surface area contributed by atoms with Crippen LogP contribution in [0.3, 0.4) is 0 Å². The Morgan fingerprint density at radius 3 is 2.58 bits per heavy atom. The average Bonchev–Trinajstić information content (AvgIpc) is 3.10. The molecule has 0 aliphatic rings. The van der Waals surface area contributed by atoms with Crippen LogP contribution in [-0.4, -0.2) is 20.4 Å². The first-order chi connectivity index (χ1) is 11.7. The van der Waals surface area contributed by atoms with Crippen LogP contribution in [0.25, 0.3) is 21.8 Å². The highest BCUT2D eigenvalue weighted by Crippen LogP contribution is 2.29. The van der Waals surface area contributed by atoms with Crippen LogP contribution in [0.15, 0.2) is 53.8 Å². The zero-order chi connectivity index (χ0) is 16.7. The molecule has 0 unspecified atom stereocenters. The molecule has 0 atom stereocenters. The molecular formula is C20H20N4. The number of fused-ring (bicyclic) bond motifs is 3. The van der Waals surface area contributed by atoms with E-state index in [0.717, 1.165) is 23.6 Å². The van der Waals surface area contributed by atoms with Crippen LogP contribution in [0.5, 0.6) is 0 Å². The molecule has 4 heteroatoms. The van der Waals surface area contributed by atoms with Gasteiger partial charge in [0.1, 0.15) is 5.82 Å². The van der Waals surface area contributed by atoms with Crippen molar-refractivity contribution < 1.29 is 0 Å². The third kappa shape index (κ3) is 2.22. The first-order valence-electron chi connectivity index (χ1n) is 8.25. The quantitative estimate of drug-likeness (QED) is 0.512. The van der Waals surface area contributed by atoms with Crippen molar-refractivity contribution in [3.8, 4) is 0 Å². The molecule has 0 saturated carbocycles. The summed E-state index contributed by atoms with van der Waals surface area (Å²) in [6.07, 6.45) is 3.74. The fourth-order valence-corrected chi connectivity index (χ4v) is 3.34. The van der Waals surface area contributed by atoms with Crippen molar-refractivity contribution in [1.29, 1.82) is 0 Å². The van der Waals surface area contributed by atoms with Gasteiger partial charge in [-0.3, -0.25) is 0 Å². The largest absolute Gasteiger partial charge is 0.341 e. The maximum atomic E-state index is 4.57. The van der Waals surface area contributed by atoms with E-state index in [-0.39, 0.29) is 0 Å². The standard InChI is InChI=1S/C20H20N4/c1-4-23-19-8-6-5-7-17(19)18-11-16(9-10-20(18)23)13-22-24-14(2)12-21-15(24)3/h5-13H,4H2,1-3H3/b22-13+. The third-order valence-electron chi connectivity index (χ3n) is 4.51. The van der Waals surface area contributed by atoms with Gasteiger partial charge in [-0.1, -0.05) is 24.3 Å². The molecule has 0 aliphatic carbocycles. The molecule has 0 aliphatic heterocycles. The second-order valence-electron chi connectivity index (χ2n) is 6.04. The lowest BCUT2D eigenvalue weighted by Crippen LogP contribution is -1.96. The summed E-state index contributed by atoms with van der Waals surface area (Å²) in [5.41, 5.74) is 4.68. The van der Waals surface area contributed by atoms with Gasteiger partial charge in [0, 0.05) is 28.4 Å². The number of rotatable bonds is 3. The van der Waals surface area contributed by atoms with Gasteiger partial charge in [-0.25, -0.2) is 9.66 Å². The summed E-state index contributed by atoms with van der Waals surface area (Å²) in [5, 5.41) is 7.14. The van der Waals surface area contributed by atoms with E-state index in [9.17, 15) is 0 Å². The molecule has 2 aromatic heterocycles. The topological polar surface area (TPSA) is 35.1 Å². The number of para-hydroxylation sites is 1. The third-order valence-corrected chi connectivity index (χ3v) is 4.51. The van der Waals surface area contributed by atoms with E-state index in [2.05, 4.69) is 64.0 Å². The zero-order valence-corrected chi connectivity index (χ0v) is 14.2. The molecule has 2 heterocycles. The van der Waals surface area contributed by atoms with E-state index in [1.54, 1.807) is 0 Å². The molecule has 4 nitrogen and oxygen atoms in total. The van der Waals surface area contributed by atoms with E-state index in [1.807, 2.05) is 30.9 Å². The van der Waals surface area contributed by atoms with Crippen LogP contribution in [0, 0.1) is 13.8 Å². The number of aryl methyl sites for hydroxylation is 3. The highest BCUT2D eigenvalue weighted by Gasteiger charge is 2.09. The summed E-state index contributed by atoms with van der Waals surface area (Å²) in [6, 6.07) is 15.1. The van der Waals surface area contributed by atoms with E-state index >= 15 is 0 Å². The number of benzene rings is 2. The van der Waals surface area contributed by atoms with Crippen LogP contribution in [0.1, 0.15) is 24.0 Å². The van der Waals surface area contributed by atoms with Crippen LogP contribution < -0.4 is 0 Å². The van der Waals surface area contributed by atoms with Crippen LogP contribution in [0.4, 0.5) is 0 Å². The second-order valence-corrected chi connectivity index (χ2v) is 6.04. The first-order valence-corrected chi connectivity index (χ1v) is 8.25. The first kappa shape index (κ1) is 14.7. The molecule has 4 aromatic rings. The van der Waals surface area contributed by atoms with Crippen LogP contribution in [0.2, 0.25) is 0 Å². The summed E-state index contributed by atoms with van der Waals surface area (Å²) in [4.78, 5) is 4.28. The average molecular weight is 316 g/mol. The minimum atomic E-state index is 0.896. The Balaban J connectivity index is 1.85. The Labute approximate surface area is 141 Å². The monoisotopic (exact) mass is 316 g/mol. The van der Waals surface area contributed by atoms with Crippen molar-refractivity contribution in [2.24, 2.45) is 5.10 Å². The number of aromatic nitrogens is 3. The fraction of sp³-hybridized carbons (Fsp3) is 0.200. The molecule has 0 saturated heterocycles. The minimum Gasteiger partial charge on any atom is -0.341 e. The van der Waals surface area contributed by atoms with Gasteiger partial charge < -0.3 is 4.57 Å². The summed E-state index contributed by atoms with van der Waals surface area (Å²) >= 11 is 0. The van der Waals surface area contributed by atoms with Gasteiger partial charge in [0.05, 0.1) is 18.1 Å². The van der Waals surface area contributed by atoms with E-state index in [1.165, 1.54) is 21.8 Å². The molecule has 0 radical (unpaired) electrons. The molecule has 0 N–H and O–H groups in total. The molecule has 0 fully saturated rings. The van der Waals surface area contributed by atoms with Crippen molar-refractivity contribution in [2.45, 2.75) is 27.3 Å². The lowest BCUT2D eigenvalue weighted by Gasteiger charge is -2.03. The maximum absolute atomic E-state index is 4.57. The van der Waals surface area contributed by atoms with Crippen molar-refractivity contribution in [2.75, 3.05) is 0 Å². The molecule has 0 amide bonds. The normalized spacial score (nSPS) is 12.0. The maximum Gasteiger partial charge on any atom is 0.127 e. The van der Waals surface area contributed by atoms with E-state index < -0.39 is 0 Å². The lowest BCUT2D eigenvalue weighted by molar-refractivity contribution is 0.803. The Hall–Kier alpha value is -2.88. The van der Waals surface area contributed by atoms with E-state index in [4.69, 9.17) is 0 Å². The minimum absolute atomic E-state index is 0.896. The van der Waals surface area contributed by atoms with Gasteiger partial charge >= 0.3 is 0 Å². The predicted molar refractivity (Wildman–Crippen MR) is 99.8 cm³/mol. The zero-order valence-electron chi connectivity index (χ0n) is 14.2. The highest BCUT2D eigenvalue weighted by molar-refractivity contribution is 6.09. The summed E-state index contributed by atoms with van der Waals surface area (Å²) < 4.78 is 4.22. The summed E-state index contributed by atoms with van der Waals surface area (Å²) in [6.45, 7) is 7.12.